The van der Waals surface area contributed by atoms with Gasteiger partial charge in [0.25, 0.3) is 0 Å². The quantitative estimate of drug-likeness (QED) is 0.539. The van der Waals surface area contributed by atoms with E-state index in [4.69, 9.17) is 23.2 Å². The van der Waals surface area contributed by atoms with Gasteiger partial charge in [-0.05, 0) is 36.4 Å². The Morgan fingerprint density at radius 2 is 1.52 bits per heavy atom. The Labute approximate surface area is 162 Å². The summed E-state index contributed by atoms with van der Waals surface area (Å²) in [5.41, 5.74) is 0.0232. The minimum atomic E-state index is -4.52. The van der Waals surface area contributed by atoms with E-state index in [0.717, 1.165) is 12.1 Å². The first kappa shape index (κ1) is 19.2. The Hall–Kier alpha value is -2.57. The average molecular weight is 412 g/mol. The number of carboxylic acids is 1. The Morgan fingerprint density at radius 3 is 2.07 bits per heavy atom. The topological polar surface area (TPSA) is 50.2 Å². The molecule has 2 aromatic carbocycles. The van der Waals surface area contributed by atoms with Crippen LogP contribution in [0.4, 0.5) is 13.2 Å². The van der Waals surface area contributed by atoms with Crippen molar-refractivity contribution in [1.29, 1.82) is 0 Å². The van der Waals surface area contributed by atoms with Crippen LogP contribution in [0.2, 0.25) is 10.0 Å². The first-order valence-corrected chi connectivity index (χ1v) is 8.29. The number of rotatable bonds is 3. The van der Waals surface area contributed by atoms with Gasteiger partial charge in [-0.3, -0.25) is 0 Å². The van der Waals surface area contributed by atoms with Crippen molar-refractivity contribution in [3.63, 3.8) is 0 Å². The molecule has 0 aliphatic rings. The maximum Gasteiger partial charge on any atom is 0.416 e. The van der Waals surface area contributed by atoms with Crippen molar-refractivity contribution in [3.8, 4) is 22.5 Å². The molecule has 3 rings (SSSR count). The Morgan fingerprint density at radius 1 is 0.889 bits per heavy atom. The van der Waals surface area contributed by atoms with Crippen molar-refractivity contribution in [2.45, 2.75) is 6.18 Å². The molecule has 0 spiro atoms. The highest BCUT2D eigenvalue weighted by atomic mass is 35.5. The highest BCUT2D eigenvalue weighted by Crippen LogP contribution is 2.33. The van der Waals surface area contributed by atoms with E-state index in [-0.39, 0.29) is 27.5 Å². The number of hydrogen-bond donors (Lipinski definition) is 1. The van der Waals surface area contributed by atoms with Gasteiger partial charge in [-0.15, -0.1) is 0 Å². The molecule has 0 saturated heterocycles. The van der Waals surface area contributed by atoms with E-state index in [2.05, 4.69) is 4.98 Å². The molecule has 0 unspecified atom stereocenters. The summed E-state index contributed by atoms with van der Waals surface area (Å²) in [5, 5.41) is 9.92. The molecule has 138 valence electrons. The van der Waals surface area contributed by atoms with Crippen LogP contribution in [0.3, 0.4) is 0 Å². The molecule has 1 heterocycles. The second-order valence-electron chi connectivity index (χ2n) is 5.64. The predicted octanol–water partition coefficient (Wildman–Crippen LogP) is 6.44. The molecule has 0 aliphatic carbocycles. The number of aromatic carboxylic acids is 1. The van der Waals surface area contributed by atoms with Gasteiger partial charge in [-0.2, -0.15) is 13.2 Å². The van der Waals surface area contributed by atoms with E-state index in [1.165, 1.54) is 36.4 Å². The van der Waals surface area contributed by atoms with Crippen molar-refractivity contribution in [3.05, 3.63) is 75.8 Å². The summed E-state index contributed by atoms with van der Waals surface area (Å²) in [6, 6.07) is 11.7. The zero-order chi connectivity index (χ0) is 19.8. The summed E-state index contributed by atoms with van der Waals surface area (Å²) >= 11 is 11.9. The Balaban J connectivity index is 2.18. The second-order valence-corrected chi connectivity index (χ2v) is 6.45. The number of benzene rings is 2. The highest BCUT2D eigenvalue weighted by Gasteiger charge is 2.30. The molecular formula is C19H10Cl2F3NO2. The predicted molar refractivity (Wildman–Crippen MR) is 97.1 cm³/mol. The molecule has 0 amide bonds. The third-order valence-electron chi connectivity index (χ3n) is 3.77. The SMILES string of the molecule is O=C(O)c1cc(-c2cccc(C(F)(F)F)c2)nc(-c2ccc(Cl)c(Cl)c2)c1. The molecule has 27 heavy (non-hydrogen) atoms. The van der Waals surface area contributed by atoms with Crippen molar-refractivity contribution in [1.82, 2.24) is 4.98 Å². The summed E-state index contributed by atoms with van der Waals surface area (Å²) in [6.07, 6.45) is -4.52. The minimum absolute atomic E-state index is 0.0991. The lowest BCUT2D eigenvalue weighted by Crippen LogP contribution is -2.05. The summed E-state index contributed by atoms with van der Waals surface area (Å²) in [6.45, 7) is 0. The van der Waals surface area contributed by atoms with E-state index in [0.29, 0.717) is 10.6 Å². The molecule has 8 heteroatoms. The first-order chi connectivity index (χ1) is 12.6. The molecule has 1 N–H and O–H groups in total. The third kappa shape index (κ3) is 4.23. The summed E-state index contributed by atoms with van der Waals surface area (Å²) < 4.78 is 38.9. The van der Waals surface area contributed by atoms with Crippen LogP contribution in [0, 0.1) is 0 Å². The van der Waals surface area contributed by atoms with Gasteiger partial charge in [0.05, 0.1) is 32.6 Å². The lowest BCUT2D eigenvalue weighted by atomic mass is 10.0. The molecule has 0 aliphatic heterocycles. The zero-order valence-electron chi connectivity index (χ0n) is 13.4. The highest BCUT2D eigenvalue weighted by molar-refractivity contribution is 6.42. The third-order valence-corrected chi connectivity index (χ3v) is 4.51. The zero-order valence-corrected chi connectivity index (χ0v) is 14.9. The van der Waals surface area contributed by atoms with Crippen LogP contribution in [-0.2, 0) is 6.18 Å². The average Bonchev–Trinajstić information content (AvgIpc) is 2.63. The fourth-order valence-corrected chi connectivity index (χ4v) is 2.76. The van der Waals surface area contributed by atoms with Gasteiger partial charge in [-0.1, -0.05) is 41.4 Å². The van der Waals surface area contributed by atoms with E-state index < -0.39 is 17.7 Å². The molecule has 0 fully saturated rings. The van der Waals surface area contributed by atoms with E-state index >= 15 is 0 Å². The van der Waals surface area contributed by atoms with Crippen LogP contribution in [0.5, 0.6) is 0 Å². The smallest absolute Gasteiger partial charge is 0.416 e. The van der Waals surface area contributed by atoms with Gasteiger partial charge in [0, 0.05) is 11.1 Å². The van der Waals surface area contributed by atoms with Gasteiger partial charge in [0.15, 0.2) is 0 Å². The van der Waals surface area contributed by atoms with Gasteiger partial charge in [0.2, 0.25) is 0 Å². The van der Waals surface area contributed by atoms with E-state index in [1.54, 1.807) is 6.07 Å². The number of nitrogens with zero attached hydrogens (tertiary/aromatic N) is 1. The van der Waals surface area contributed by atoms with Crippen molar-refractivity contribution in [2.75, 3.05) is 0 Å². The molecule has 3 nitrogen and oxygen atoms in total. The van der Waals surface area contributed by atoms with Gasteiger partial charge in [0.1, 0.15) is 0 Å². The first-order valence-electron chi connectivity index (χ1n) is 7.53. The molecule has 0 saturated carbocycles. The number of carboxylic acid groups (broad SMARTS) is 1. The normalized spacial score (nSPS) is 11.4. The number of hydrogen-bond acceptors (Lipinski definition) is 2. The lowest BCUT2D eigenvalue weighted by Gasteiger charge is -2.11. The molecule has 0 bridgehead atoms. The minimum Gasteiger partial charge on any atom is -0.478 e. The molecular weight excluding hydrogens is 402 g/mol. The van der Waals surface area contributed by atoms with Crippen LogP contribution < -0.4 is 0 Å². The molecule has 0 radical (unpaired) electrons. The van der Waals surface area contributed by atoms with Crippen molar-refractivity contribution >= 4 is 29.2 Å². The van der Waals surface area contributed by atoms with Crippen LogP contribution in [-0.4, -0.2) is 16.1 Å². The van der Waals surface area contributed by atoms with E-state index in [1.807, 2.05) is 0 Å². The van der Waals surface area contributed by atoms with E-state index in [9.17, 15) is 23.1 Å². The van der Waals surface area contributed by atoms with Gasteiger partial charge < -0.3 is 5.11 Å². The fourth-order valence-electron chi connectivity index (χ4n) is 2.46. The second kappa shape index (κ2) is 7.21. The standard InChI is InChI=1S/C19H10Cl2F3NO2/c20-14-5-4-11(7-15(14)21)17-9-12(18(26)27)8-16(25-17)10-2-1-3-13(6-10)19(22,23)24/h1-9H,(H,26,27). The number of aromatic nitrogens is 1. The number of pyridine rings is 1. The van der Waals surface area contributed by atoms with Crippen LogP contribution in [0.25, 0.3) is 22.5 Å². The molecule has 3 aromatic rings. The Kier molecular flexibility index (Phi) is 5.13. The Bertz CT molecular complexity index is 1040. The largest absolute Gasteiger partial charge is 0.478 e. The van der Waals surface area contributed by atoms with Crippen LogP contribution >= 0.6 is 23.2 Å². The van der Waals surface area contributed by atoms with Gasteiger partial charge in [-0.25, -0.2) is 9.78 Å². The molecule has 0 atom stereocenters. The van der Waals surface area contributed by atoms with Crippen LogP contribution in [0.1, 0.15) is 15.9 Å². The fraction of sp³-hybridized carbons (Fsp3) is 0.0526. The number of carbonyl (C=O) groups is 1. The maximum atomic E-state index is 13.0. The summed E-state index contributed by atoms with van der Waals surface area (Å²) in [5.74, 6) is -1.23. The van der Waals surface area contributed by atoms with Crippen molar-refractivity contribution < 1.29 is 23.1 Å². The summed E-state index contributed by atoms with van der Waals surface area (Å²) in [7, 11) is 0. The van der Waals surface area contributed by atoms with Crippen molar-refractivity contribution in [2.24, 2.45) is 0 Å². The monoisotopic (exact) mass is 411 g/mol. The maximum absolute atomic E-state index is 13.0. The number of alkyl halides is 3. The van der Waals surface area contributed by atoms with Gasteiger partial charge >= 0.3 is 12.1 Å². The summed E-state index contributed by atoms with van der Waals surface area (Å²) in [4.78, 5) is 15.8. The lowest BCUT2D eigenvalue weighted by molar-refractivity contribution is -0.137. The van der Waals surface area contributed by atoms with Crippen LogP contribution in [0.15, 0.2) is 54.6 Å². The number of halogens is 5. The molecule has 1 aromatic heterocycles.